The maximum Gasteiger partial charge on any atom is 0.252 e. The van der Waals surface area contributed by atoms with E-state index in [-0.39, 0.29) is 11.4 Å². The van der Waals surface area contributed by atoms with Crippen LogP contribution in [-0.4, -0.2) is 4.98 Å². The molecule has 0 aliphatic carbocycles. The topological polar surface area (TPSA) is 32.9 Å². The molecule has 0 aliphatic heterocycles. The van der Waals surface area contributed by atoms with Gasteiger partial charge < -0.3 is 4.98 Å². The summed E-state index contributed by atoms with van der Waals surface area (Å²) in [7, 11) is 0. The number of hydrogen-bond donors (Lipinski definition) is 1. The molecule has 2 aromatic rings. The number of halogens is 1. The molecule has 0 unspecified atom stereocenters. The Morgan fingerprint density at radius 3 is 2.80 bits per heavy atom. The van der Waals surface area contributed by atoms with Crippen molar-refractivity contribution in [3.8, 4) is 0 Å². The van der Waals surface area contributed by atoms with Crippen LogP contribution in [0.1, 0.15) is 18.1 Å². The van der Waals surface area contributed by atoms with Crippen molar-refractivity contribution in [3.05, 3.63) is 45.7 Å². The predicted octanol–water partition coefficient (Wildman–Crippen LogP) is 2.83. The van der Waals surface area contributed by atoms with E-state index in [4.69, 9.17) is 11.6 Å². The van der Waals surface area contributed by atoms with E-state index in [1.54, 1.807) is 0 Å². The van der Waals surface area contributed by atoms with Crippen LogP contribution in [0.25, 0.3) is 10.9 Å². The number of fused-ring (bicyclic) bond motifs is 1. The molecule has 2 rings (SSSR count). The molecule has 0 saturated carbocycles. The van der Waals surface area contributed by atoms with E-state index in [2.05, 4.69) is 18.0 Å². The third kappa shape index (κ3) is 1.90. The van der Waals surface area contributed by atoms with Crippen molar-refractivity contribution in [2.75, 3.05) is 0 Å². The number of aryl methyl sites for hydroxylation is 1. The van der Waals surface area contributed by atoms with Crippen molar-refractivity contribution in [1.82, 2.24) is 4.98 Å². The standard InChI is InChI=1S/C12H12ClNO/c1-2-8-3-4-11-9(5-8)6-10(7-13)12(15)14-11/h3-6H,2,7H2,1H3,(H,14,15). The van der Waals surface area contributed by atoms with Gasteiger partial charge in [0.1, 0.15) is 0 Å². The number of rotatable bonds is 2. The molecule has 0 aliphatic rings. The molecule has 0 radical (unpaired) electrons. The average molecular weight is 222 g/mol. The molecule has 0 atom stereocenters. The Morgan fingerprint density at radius 2 is 2.13 bits per heavy atom. The first-order valence-electron chi connectivity index (χ1n) is 4.95. The Labute approximate surface area is 92.9 Å². The predicted molar refractivity (Wildman–Crippen MR) is 63.5 cm³/mol. The quantitative estimate of drug-likeness (QED) is 0.778. The summed E-state index contributed by atoms with van der Waals surface area (Å²) in [6.45, 7) is 2.11. The fourth-order valence-electron chi connectivity index (χ4n) is 1.62. The molecule has 0 amide bonds. The molecule has 1 N–H and O–H groups in total. The maximum absolute atomic E-state index is 11.5. The van der Waals surface area contributed by atoms with Gasteiger partial charge in [0.15, 0.2) is 0 Å². The first kappa shape index (κ1) is 10.2. The molecule has 3 heteroatoms. The molecule has 2 nitrogen and oxygen atoms in total. The fourth-order valence-corrected chi connectivity index (χ4v) is 1.82. The van der Waals surface area contributed by atoms with E-state index >= 15 is 0 Å². The van der Waals surface area contributed by atoms with Crippen LogP contribution in [0, 0.1) is 0 Å². The van der Waals surface area contributed by atoms with Crippen LogP contribution in [-0.2, 0) is 12.3 Å². The van der Waals surface area contributed by atoms with Gasteiger partial charge in [-0.3, -0.25) is 4.79 Å². The van der Waals surface area contributed by atoms with Crippen molar-refractivity contribution in [2.24, 2.45) is 0 Å². The number of pyridine rings is 1. The second-order valence-corrected chi connectivity index (χ2v) is 3.80. The van der Waals surface area contributed by atoms with Gasteiger partial charge in [-0.15, -0.1) is 11.6 Å². The van der Waals surface area contributed by atoms with Crippen molar-refractivity contribution in [2.45, 2.75) is 19.2 Å². The summed E-state index contributed by atoms with van der Waals surface area (Å²) >= 11 is 5.69. The summed E-state index contributed by atoms with van der Waals surface area (Å²) in [5.74, 6) is 0.252. The Balaban J connectivity index is 2.71. The molecule has 0 bridgehead atoms. The summed E-state index contributed by atoms with van der Waals surface area (Å²) in [5.41, 5.74) is 2.65. The van der Waals surface area contributed by atoms with Crippen LogP contribution in [0.4, 0.5) is 0 Å². The largest absolute Gasteiger partial charge is 0.322 e. The monoisotopic (exact) mass is 221 g/mol. The Morgan fingerprint density at radius 1 is 1.33 bits per heavy atom. The number of hydrogen-bond acceptors (Lipinski definition) is 1. The van der Waals surface area contributed by atoms with Gasteiger partial charge in [0.2, 0.25) is 0 Å². The highest BCUT2D eigenvalue weighted by molar-refractivity contribution is 6.17. The van der Waals surface area contributed by atoms with E-state index < -0.39 is 0 Å². The average Bonchev–Trinajstić information content (AvgIpc) is 2.27. The third-order valence-corrected chi connectivity index (χ3v) is 2.83. The first-order chi connectivity index (χ1) is 7.24. The molecule has 78 valence electrons. The van der Waals surface area contributed by atoms with Crippen molar-refractivity contribution in [1.29, 1.82) is 0 Å². The molecule has 0 fully saturated rings. The summed E-state index contributed by atoms with van der Waals surface area (Å²) in [4.78, 5) is 14.3. The zero-order chi connectivity index (χ0) is 10.8. The lowest BCUT2D eigenvalue weighted by atomic mass is 10.1. The normalized spacial score (nSPS) is 10.8. The van der Waals surface area contributed by atoms with Crippen LogP contribution >= 0.6 is 11.6 Å². The highest BCUT2D eigenvalue weighted by Gasteiger charge is 2.01. The van der Waals surface area contributed by atoms with Gasteiger partial charge in [-0.2, -0.15) is 0 Å². The Kier molecular flexibility index (Phi) is 2.78. The minimum atomic E-state index is -0.0956. The summed E-state index contributed by atoms with van der Waals surface area (Å²) in [6, 6.07) is 7.91. The number of alkyl halides is 1. The molecular formula is C12H12ClNO. The van der Waals surface area contributed by atoms with Gasteiger partial charge in [-0.1, -0.05) is 13.0 Å². The minimum absolute atomic E-state index is 0.0956. The van der Waals surface area contributed by atoms with Crippen molar-refractivity contribution >= 4 is 22.5 Å². The number of aromatic nitrogens is 1. The van der Waals surface area contributed by atoms with E-state index in [9.17, 15) is 4.79 Å². The van der Waals surface area contributed by atoms with Gasteiger partial charge in [0, 0.05) is 11.1 Å². The van der Waals surface area contributed by atoms with E-state index in [1.165, 1.54) is 5.56 Å². The minimum Gasteiger partial charge on any atom is -0.322 e. The van der Waals surface area contributed by atoms with Gasteiger partial charge in [0.05, 0.1) is 5.88 Å². The first-order valence-corrected chi connectivity index (χ1v) is 5.49. The number of nitrogens with one attached hydrogen (secondary N) is 1. The van der Waals surface area contributed by atoms with Crippen LogP contribution in [0.5, 0.6) is 0 Å². The van der Waals surface area contributed by atoms with Crippen LogP contribution in [0.15, 0.2) is 29.1 Å². The van der Waals surface area contributed by atoms with Crippen LogP contribution in [0.2, 0.25) is 0 Å². The van der Waals surface area contributed by atoms with E-state index in [1.807, 2.05) is 18.2 Å². The fraction of sp³-hybridized carbons (Fsp3) is 0.250. The van der Waals surface area contributed by atoms with E-state index in [0.29, 0.717) is 5.56 Å². The summed E-state index contributed by atoms with van der Waals surface area (Å²) in [6.07, 6.45) is 0.991. The second kappa shape index (κ2) is 4.07. The SMILES string of the molecule is CCc1ccc2[nH]c(=O)c(CCl)cc2c1. The summed E-state index contributed by atoms with van der Waals surface area (Å²) in [5, 5.41) is 1.05. The van der Waals surface area contributed by atoms with Crippen molar-refractivity contribution in [3.63, 3.8) is 0 Å². The van der Waals surface area contributed by atoms with Gasteiger partial charge >= 0.3 is 0 Å². The third-order valence-electron chi connectivity index (χ3n) is 2.54. The van der Waals surface area contributed by atoms with E-state index in [0.717, 1.165) is 17.3 Å². The van der Waals surface area contributed by atoms with Crippen LogP contribution in [0.3, 0.4) is 0 Å². The molecule has 0 saturated heterocycles. The second-order valence-electron chi connectivity index (χ2n) is 3.53. The highest BCUT2D eigenvalue weighted by atomic mass is 35.5. The lowest BCUT2D eigenvalue weighted by Crippen LogP contribution is -2.10. The molecule has 1 aromatic heterocycles. The zero-order valence-corrected chi connectivity index (χ0v) is 9.27. The highest BCUT2D eigenvalue weighted by Crippen LogP contribution is 2.14. The maximum atomic E-state index is 11.5. The lowest BCUT2D eigenvalue weighted by molar-refractivity contribution is 1.14. The van der Waals surface area contributed by atoms with Crippen LogP contribution < -0.4 is 5.56 Å². The van der Waals surface area contributed by atoms with Gasteiger partial charge in [0.25, 0.3) is 5.56 Å². The van der Waals surface area contributed by atoms with Gasteiger partial charge in [-0.05, 0) is 35.6 Å². The number of aromatic amines is 1. The number of H-pyrrole nitrogens is 1. The molecule has 1 aromatic carbocycles. The zero-order valence-electron chi connectivity index (χ0n) is 8.51. The number of benzene rings is 1. The molecule has 0 spiro atoms. The van der Waals surface area contributed by atoms with Gasteiger partial charge in [-0.25, -0.2) is 0 Å². The van der Waals surface area contributed by atoms with Crippen molar-refractivity contribution < 1.29 is 0 Å². The lowest BCUT2D eigenvalue weighted by Gasteiger charge is -2.02. The molecule has 15 heavy (non-hydrogen) atoms. The Hall–Kier alpha value is -1.28. The smallest absolute Gasteiger partial charge is 0.252 e. The Bertz CT molecular complexity index is 545. The summed E-state index contributed by atoms with van der Waals surface area (Å²) < 4.78 is 0. The molecule has 1 heterocycles. The molecular weight excluding hydrogens is 210 g/mol.